The summed E-state index contributed by atoms with van der Waals surface area (Å²) >= 11 is 0. The zero-order valence-electron chi connectivity index (χ0n) is 17.5. The summed E-state index contributed by atoms with van der Waals surface area (Å²) in [4.78, 5) is 13.9. The first-order valence-corrected chi connectivity index (χ1v) is 12.0. The lowest BCUT2D eigenvalue weighted by Crippen LogP contribution is -2.38. The second kappa shape index (κ2) is 10.2. The van der Waals surface area contributed by atoms with E-state index in [-0.39, 0.29) is 5.91 Å². The summed E-state index contributed by atoms with van der Waals surface area (Å²) in [7, 11) is -4.65. The molecule has 1 saturated heterocycles. The average Bonchev–Trinajstić information content (AvgIpc) is 2.78. The molecule has 0 spiro atoms. The zero-order valence-corrected chi connectivity index (χ0v) is 18.3. The van der Waals surface area contributed by atoms with Gasteiger partial charge in [0.05, 0.1) is 11.5 Å². The lowest BCUT2D eigenvalue weighted by Gasteiger charge is -2.32. The van der Waals surface area contributed by atoms with Gasteiger partial charge in [-0.15, -0.1) is 0 Å². The molecule has 0 atom stereocenters. The van der Waals surface area contributed by atoms with Crippen LogP contribution in [0, 0.1) is 5.92 Å². The van der Waals surface area contributed by atoms with Gasteiger partial charge >= 0.3 is 5.76 Å². The largest absolute Gasteiger partial charge is 0.494 e. The Hall–Kier alpha value is -2.48. The monoisotopic (exact) mass is 451 g/mol. The van der Waals surface area contributed by atoms with E-state index < -0.39 is 20.5 Å². The van der Waals surface area contributed by atoms with E-state index in [4.69, 9.17) is 4.74 Å². The Balaban J connectivity index is 1.49. The summed E-state index contributed by atoms with van der Waals surface area (Å²) in [5, 5.41) is 0. The van der Waals surface area contributed by atoms with Gasteiger partial charge in [-0.05, 0) is 80.5 Å². The van der Waals surface area contributed by atoms with Gasteiger partial charge in [0.25, 0.3) is 5.91 Å². The fourth-order valence-corrected chi connectivity index (χ4v) is 4.51. The minimum Gasteiger partial charge on any atom is -0.494 e. The number of hydrogen-bond donors (Lipinski definition) is 0. The van der Waals surface area contributed by atoms with Crippen molar-refractivity contribution in [2.45, 2.75) is 43.3 Å². The van der Waals surface area contributed by atoms with E-state index in [1.54, 1.807) is 4.90 Å². The van der Waals surface area contributed by atoms with Crippen molar-refractivity contribution in [1.82, 2.24) is 4.90 Å². The van der Waals surface area contributed by atoms with E-state index in [2.05, 4.69) is 12.1 Å². The second-order valence-electron chi connectivity index (χ2n) is 7.68. The molecule has 31 heavy (non-hydrogen) atoms. The summed E-state index contributed by atoms with van der Waals surface area (Å²) in [6.45, 7) is 3.86. The molecule has 1 amide bonds. The van der Waals surface area contributed by atoms with Crippen LogP contribution in [0.15, 0.2) is 53.4 Å². The third-order valence-corrected chi connectivity index (χ3v) is 7.04. The average molecular weight is 452 g/mol. The molecule has 0 saturated carbocycles. The van der Waals surface area contributed by atoms with Crippen molar-refractivity contribution in [3.05, 3.63) is 59.7 Å². The van der Waals surface area contributed by atoms with Gasteiger partial charge in [0.15, 0.2) is 0 Å². The summed E-state index contributed by atoms with van der Waals surface area (Å²) in [5.74, 6) is -2.27. The number of benzene rings is 2. The molecule has 0 bridgehead atoms. The first kappa shape index (κ1) is 23.2. The number of sulfone groups is 1. The van der Waals surface area contributed by atoms with Gasteiger partial charge in [-0.3, -0.25) is 4.79 Å². The third kappa shape index (κ3) is 5.81. The van der Waals surface area contributed by atoms with E-state index in [1.807, 2.05) is 19.1 Å². The Morgan fingerprint density at radius 3 is 2.23 bits per heavy atom. The number of likely N-dealkylation sites (tertiary alicyclic amines) is 1. The molecule has 3 rings (SSSR count). The fraction of sp³-hybridized carbons (Fsp3) is 0.435. The number of carbonyl (C=O) groups is 1. The number of alkyl halides is 2. The smallest absolute Gasteiger partial charge is 0.341 e. The second-order valence-corrected chi connectivity index (χ2v) is 9.60. The maximum absolute atomic E-state index is 12.7. The standard InChI is InChI=1S/C23H27F2NO4S/c1-2-30-20-9-5-17(6-10-20)3-4-18-13-15-26(16-14-18)22(27)19-7-11-21(12-8-19)31(28,29)23(24)25/h5-12,18,23H,2-4,13-16H2,1H3. The molecule has 1 aliphatic heterocycles. The fourth-order valence-electron chi connectivity index (χ4n) is 3.79. The van der Waals surface area contributed by atoms with Gasteiger partial charge in [-0.1, -0.05) is 12.1 Å². The number of amides is 1. The number of carbonyl (C=O) groups excluding carboxylic acids is 1. The minimum absolute atomic E-state index is 0.203. The highest BCUT2D eigenvalue weighted by molar-refractivity contribution is 7.91. The van der Waals surface area contributed by atoms with Crippen LogP contribution in [0.4, 0.5) is 8.78 Å². The lowest BCUT2D eigenvalue weighted by molar-refractivity contribution is 0.0687. The molecule has 0 unspecified atom stereocenters. The van der Waals surface area contributed by atoms with Crippen LogP contribution in [0.5, 0.6) is 5.75 Å². The number of hydrogen-bond acceptors (Lipinski definition) is 4. The van der Waals surface area contributed by atoms with Crippen LogP contribution >= 0.6 is 0 Å². The SMILES string of the molecule is CCOc1ccc(CCC2CCN(C(=O)c3ccc(S(=O)(=O)C(F)F)cc3)CC2)cc1. The Morgan fingerprint density at radius 2 is 1.68 bits per heavy atom. The van der Waals surface area contributed by atoms with Crippen molar-refractivity contribution in [2.75, 3.05) is 19.7 Å². The Labute approximate surface area is 181 Å². The molecule has 0 aliphatic carbocycles. The quantitative estimate of drug-likeness (QED) is 0.590. The summed E-state index contributed by atoms with van der Waals surface area (Å²) < 4.78 is 53.7. The maximum atomic E-state index is 12.7. The molecule has 1 fully saturated rings. The molecule has 8 heteroatoms. The van der Waals surface area contributed by atoms with Gasteiger partial charge in [-0.25, -0.2) is 8.42 Å². The van der Waals surface area contributed by atoms with E-state index >= 15 is 0 Å². The predicted octanol–water partition coefficient (Wildman–Crippen LogP) is 4.57. The molecule has 168 valence electrons. The van der Waals surface area contributed by atoms with Gasteiger partial charge in [0, 0.05) is 18.7 Å². The molecule has 1 aliphatic rings. The van der Waals surface area contributed by atoms with Crippen LogP contribution in [0.2, 0.25) is 0 Å². The molecule has 0 N–H and O–H groups in total. The van der Waals surface area contributed by atoms with Gasteiger partial charge in [0.2, 0.25) is 9.84 Å². The van der Waals surface area contributed by atoms with Crippen molar-refractivity contribution < 1.29 is 26.7 Å². The van der Waals surface area contributed by atoms with Crippen molar-refractivity contribution in [2.24, 2.45) is 5.92 Å². The van der Waals surface area contributed by atoms with Gasteiger partial charge < -0.3 is 9.64 Å². The van der Waals surface area contributed by atoms with Gasteiger partial charge in [0.1, 0.15) is 5.75 Å². The number of piperidine rings is 1. The Bertz CT molecular complexity index is 968. The molecule has 5 nitrogen and oxygen atoms in total. The number of ether oxygens (including phenoxy) is 1. The van der Waals surface area contributed by atoms with E-state index in [0.29, 0.717) is 31.2 Å². The topological polar surface area (TPSA) is 63.7 Å². The lowest BCUT2D eigenvalue weighted by atomic mass is 9.90. The minimum atomic E-state index is -4.65. The zero-order chi connectivity index (χ0) is 22.4. The Morgan fingerprint density at radius 1 is 1.06 bits per heavy atom. The molecular formula is C23H27F2NO4S. The van der Waals surface area contributed by atoms with Gasteiger partial charge in [-0.2, -0.15) is 8.78 Å². The van der Waals surface area contributed by atoms with E-state index in [9.17, 15) is 22.0 Å². The highest BCUT2D eigenvalue weighted by Crippen LogP contribution is 2.25. The number of nitrogens with zero attached hydrogens (tertiary/aromatic N) is 1. The van der Waals surface area contributed by atoms with Crippen LogP contribution in [-0.4, -0.2) is 44.7 Å². The van der Waals surface area contributed by atoms with E-state index in [0.717, 1.165) is 43.6 Å². The van der Waals surface area contributed by atoms with Crippen molar-refractivity contribution in [3.63, 3.8) is 0 Å². The first-order valence-electron chi connectivity index (χ1n) is 10.4. The molecule has 2 aromatic rings. The molecule has 1 heterocycles. The highest BCUT2D eigenvalue weighted by atomic mass is 32.2. The normalized spacial score (nSPS) is 15.3. The third-order valence-electron chi connectivity index (χ3n) is 5.64. The highest BCUT2D eigenvalue weighted by Gasteiger charge is 2.27. The summed E-state index contributed by atoms with van der Waals surface area (Å²) in [5.41, 5.74) is 1.57. The van der Waals surface area contributed by atoms with Crippen LogP contribution in [0.25, 0.3) is 0 Å². The van der Waals surface area contributed by atoms with Crippen LogP contribution < -0.4 is 4.74 Å². The summed E-state index contributed by atoms with van der Waals surface area (Å²) in [6, 6.07) is 12.9. The molecule has 0 aromatic heterocycles. The van der Waals surface area contributed by atoms with Crippen molar-refractivity contribution in [1.29, 1.82) is 0 Å². The number of rotatable bonds is 8. The predicted molar refractivity (Wildman–Crippen MR) is 114 cm³/mol. The molecule has 0 radical (unpaired) electrons. The van der Waals surface area contributed by atoms with Crippen molar-refractivity contribution >= 4 is 15.7 Å². The summed E-state index contributed by atoms with van der Waals surface area (Å²) in [6.07, 6.45) is 3.84. The van der Waals surface area contributed by atoms with Crippen molar-refractivity contribution in [3.8, 4) is 5.75 Å². The maximum Gasteiger partial charge on any atom is 0.341 e. The van der Waals surface area contributed by atoms with Crippen LogP contribution in [0.1, 0.15) is 42.1 Å². The first-order chi connectivity index (χ1) is 14.8. The Kier molecular flexibility index (Phi) is 7.64. The van der Waals surface area contributed by atoms with Crippen LogP contribution in [-0.2, 0) is 16.3 Å². The number of aryl methyl sites for hydroxylation is 1. The number of halogens is 2. The molecular weight excluding hydrogens is 424 g/mol. The van der Waals surface area contributed by atoms with Crippen LogP contribution in [0.3, 0.4) is 0 Å². The molecule has 2 aromatic carbocycles. The van der Waals surface area contributed by atoms with E-state index in [1.165, 1.54) is 17.7 Å².